The van der Waals surface area contributed by atoms with Gasteiger partial charge in [-0.3, -0.25) is 9.69 Å². The minimum absolute atomic E-state index is 0.0312. The standard InChI is InChI=1S/C35H40F3NO6S2Si/c1-34(2,3)48(4,5)45-28-17-18-29-30(23-28)46-33(25-11-15-27(16-12-25)44-47(41,42)35(36,37)38)31(29)32(40)24-9-13-26(14-10-24)43-22-21-39-19-7-6-8-20-39/h9-18,23H,6-8,19-22H2,1-5H3. The van der Waals surface area contributed by atoms with Crippen LogP contribution in [-0.2, 0) is 10.1 Å². The van der Waals surface area contributed by atoms with E-state index in [9.17, 15) is 26.4 Å². The summed E-state index contributed by atoms with van der Waals surface area (Å²) < 4.78 is 79.3. The summed E-state index contributed by atoms with van der Waals surface area (Å²) in [6.07, 6.45) is 3.68. The first-order valence-electron chi connectivity index (χ1n) is 15.8. The van der Waals surface area contributed by atoms with Gasteiger partial charge in [0.15, 0.2) is 5.78 Å². The summed E-state index contributed by atoms with van der Waals surface area (Å²) in [5.74, 6) is 0.615. The van der Waals surface area contributed by atoms with E-state index in [0.717, 1.165) is 36.5 Å². The third-order valence-corrected chi connectivity index (χ3v) is 15.5. The zero-order valence-corrected chi connectivity index (χ0v) is 30.3. The number of hydrogen-bond acceptors (Lipinski definition) is 8. The van der Waals surface area contributed by atoms with Gasteiger partial charge in [-0.15, -0.1) is 11.3 Å². The third kappa shape index (κ3) is 8.07. The molecule has 7 nitrogen and oxygen atoms in total. The Morgan fingerprint density at radius 2 is 1.48 bits per heavy atom. The van der Waals surface area contributed by atoms with E-state index in [4.69, 9.17) is 9.16 Å². The van der Waals surface area contributed by atoms with E-state index in [1.54, 1.807) is 24.3 Å². The van der Waals surface area contributed by atoms with Gasteiger partial charge in [0.2, 0.25) is 8.32 Å². The van der Waals surface area contributed by atoms with Crippen molar-refractivity contribution in [3.8, 4) is 27.7 Å². The van der Waals surface area contributed by atoms with Crippen molar-refractivity contribution in [2.75, 3.05) is 26.2 Å². The van der Waals surface area contributed by atoms with Crippen molar-refractivity contribution >= 4 is 45.6 Å². The molecule has 258 valence electrons. The van der Waals surface area contributed by atoms with Gasteiger partial charge in [-0.25, -0.2) is 0 Å². The summed E-state index contributed by atoms with van der Waals surface area (Å²) in [6.45, 7) is 14.3. The summed E-state index contributed by atoms with van der Waals surface area (Å²) in [5.41, 5.74) is -4.18. The molecule has 1 saturated heterocycles. The summed E-state index contributed by atoms with van der Waals surface area (Å²) in [6, 6.07) is 17.8. The van der Waals surface area contributed by atoms with Crippen molar-refractivity contribution in [1.29, 1.82) is 0 Å². The number of fused-ring (bicyclic) bond motifs is 1. The Bertz CT molecular complexity index is 1860. The summed E-state index contributed by atoms with van der Waals surface area (Å²) >= 11 is 1.34. The van der Waals surface area contributed by atoms with Crippen LogP contribution in [0.25, 0.3) is 20.5 Å². The molecule has 1 fully saturated rings. The van der Waals surface area contributed by atoms with Gasteiger partial charge >= 0.3 is 15.6 Å². The average Bonchev–Trinajstić information content (AvgIpc) is 3.39. The lowest BCUT2D eigenvalue weighted by atomic mass is 9.97. The second-order valence-electron chi connectivity index (χ2n) is 13.4. The van der Waals surface area contributed by atoms with Crippen molar-refractivity contribution < 1.29 is 39.7 Å². The van der Waals surface area contributed by atoms with Crippen LogP contribution >= 0.6 is 11.3 Å². The number of hydrogen-bond donors (Lipinski definition) is 0. The molecule has 1 aromatic heterocycles. The fourth-order valence-corrected chi connectivity index (χ4v) is 7.89. The quantitative estimate of drug-likeness (QED) is 0.0662. The number of carbonyl (C=O) groups excluding carboxylic acids is 1. The van der Waals surface area contributed by atoms with E-state index in [2.05, 4.69) is 42.9 Å². The molecule has 0 unspecified atom stereocenters. The number of thiophene rings is 1. The number of benzene rings is 3. The molecule has 4 aromatic rings. The van der Waals surface area contributed by atoms with Gasteiger partial charge in [-0.2, -0.15) is 21.6 Å². The first kappa shape index (κ1) is 35.9. The maximum absolute atomic E-state index is 14.2. The molecule has 0 bridgehead atoms. The van der Waals surface area contributed by atoms with E-state index >= 15 is 0 Å². The number of ether oxygens (including phenoxy) is 1. The van der Waals surface area contributed by atoms with Gasteiger partial charge < -0.3 is 13.3 Å². The second-order valence-corrected chi connectivity index (χ2v) is 20.8. The Balaban J connectivity index is 1.46. The molecule has 5 rings (SSSR count). The Morgan fingerprint density at radius 3 is 2.08 bits per heavy atom. The fourth-order valence-electron chi connectivity index (χ4n) is 5.18. The predicted octanol–water partition coefficient (Wildman–Crippen LogP) is 9.28. The van der Waals surface area contributed by atoms with E-state index in [-0.39, 0.29) is 10.8 Å². The molecule has 3 aromatic carbocycles. The van der Waals surface area contributed by atoms with Gasteiger partial charge in [0.1, 0.15) is 23.9 Å². The normalized spacial score (nSPS) is 15.0. The topological polar surface area (TPSA) is 82.1 Å². The number of rotatable bonds is 11. The fraction of sp³-hybridized carbons (Fsp3) is 0.400. The van der Waals surface area contributed by atoms with Crippen LogP contribution in [-0.4, -0.2) is 59.2 Å². The maximum atomic E-state index is 14.2. The summed E-state index contributed by atoms with van der Waals surface area (Å²) in [4.78, 5) is 17.1. The molecule has 2 heterocycles. The largest absolute Gasteiger partial charge is 0.543 e. The minimum Gasteiger partial charge on any atom is -0.543 e. The van der Waals surface area contributed by atoms with Crippen LogP contribution in [0.15, 0.2) is 66.7 Å². The molecule has 0 atom stereocenters. The number of alkyl halides is 3. The number of ketones is 1. The molecule has 0 saturated carbocycles. The summed E-state index contributed by atoms with van der Waals surface area (Å²) in [7, 11) is -7.99. The Morgan fingerprint density at radius 1 is 0.875 bits per heavy atom. The second kappa shape index (κ2) is 13.8. The Labute approximate surface area is 284 Å². The monoisotopic (exact) mass is 719 g/mol. The highest BCUT2D eigenvalue weighted by atomic mass is 32.2. The number of piperidine rings is 1. The van der Waals surface area contributed by atoms with Gasteiger partial charge in [-0.1, -0.05) is 27.2 Å². The lowest BCUT2D eigenvalue weighted by Crippen LogP contribution is -2.43. The smallest absolute Gasteiger partial charge is 0.534 e. The van der Waals surface area contributed by atoms with Crippen LogP contribution in [0.5, 0.6) is 17.2 Å². The zero-order valence-electron chi connectivity index (χ0n) is 27.6. The van der Waals surface area contributed by atoms with Crippen LogP contribution < -0.4 is 13.3 Å². The molecule has 0 spiro atoms. The highest BCUT2D eigenvalue weighted by molar-refractivity contribution is 7.88. The van der Waals surface area contributed by atoms with Crippen LogP contribution in [0.2, 0.25) is 18.1 Å². The van der Waals surface area contributed by atoms with Gasteiger partial charge in [0.25, 0.3) is 0 Å². The van der Waals surface area contributed by atoms with Gasteiger partial charge in [-0.05, 0) is 116 Å². The molecule has 1 aliphatic heterocycles. The number of carbonyl (C=O) groups is 1. The van der Waals surface area contributed by atoms with E-state index in [1.165, 1.54) is 42.7 Å². The van der Waals surface area contributed by atoms with Crippen LogP contribution in [0.3, 0.4) is 0 Å². The highest BCUT2D eigenvalue weighted by Crippen LogP contribution is 2.43. The van der Waals surface area contributed by atoms with Crippen LogP contribution in [0.4, 0.5) is 13.2 Å². The average molecular weight is 720 g/mol. The first-order valence-corrected chi connectivity index (χ1v) is 21.0. The minimum atomic E-state index is -5.83. The van der Waals surface area contributed by atoms with Gasteiger partial charge in [0.05, 0.1) is 0 Å². The molecule has 0 amide bonds. The maximum Gasteiger partial charge on any atom is 0.534 e. The molecule has 0 radical (unpaired) electrons. The first-order chi connectivity index (χ1) is 22.4. The SMILES string of the molecule is CC(C)(C)[Si](C)(C)Oc1ccc2c(C(=O)c3ccc(OCCN4CCCCC4)cc3)c(-c3ccc(OS(=O)(=O)C(F)(F)F)cc3)sc2c1. The van der Waals surface area contributed by atoms with Crippen molar-refractivity contribution in [3.05, 3.63) is 77.9 Å². The zero-order chi connectivity index (χ0) is 34.9. The van der Waals surface area contributed by atoms with Crippen LogP contribution in [0.1, 0.15) is 56.0 Å². The van der Waals surface area contributed by atoms with Gasteiger partial charge in [0, 0.05) is 32.6 Å². The van der Waals surface area contributed by atoms with Crippen LogP contribution in [0, 0.1) is 0 Å². The molecule has 0 aliphatic carbocycles. The van der Waals surface area contributed by atoms with E-state index in [0.29, 0.717) is 45.1 Å². The molecule has 1 aliphatic rings. The Kier molecular flexibility index (Phi) is 10.4. The van der Waals surface area contributed by atoms with Crippen molar-refractivity contribution in [3.63, 3.8) is 0 Å². The number of halogens is 3. The highest BCUT2D eigenvalue weighted by Gasteiger charge is 2.48. The lowest BCUT2D eigenvalue weighted by Gasteiger charge is -2.36. The molecular formula is C35H40F3NO6S2Si. The van der Waals surface area contributed by atoms with Crippen molar-refractivity contribution in [2.24, 2.45) is 0 Å². The van der Waals surface area contributed by atoms with Crippen molar-refractivity contribution in [2.45, 2.75) is 63.7 Å². The number of likely N-dealkylation sites (tertiary alicyclic amines) is 1. The number of nitrogens with zero attached hydrogens (tertiary/aromatic N) is 1. The Hall–Kier alpha value is -3.39. The molecule has 0 N–H and O–H groups in total. The molecule has 48 heavy (non-hydrogen) atoms. The van der Waals surface area contributed by atoms with E-state index < -0.39 is 29.7 Å². The predicted molar refractivity (Wildman–Crippen MR) is 186 cm³/mol. The lowest BCUT2D eigenvalue weighted by molar-refractivity contribution is -0.0500. The third-order valence-electron chi connectivity index (χ3n) is 8.92. The van der Waals surface area contributed by atoms with Crippen molar-refractivity contribution in [1.82, 2.24) is 4.90 Å². The van der Waals surface area contributed by atoms with E-state index in [1.807, 2.05) is 18.2 Å². The molecular weight excluding hydrogens is 680 g/mol. The summed E-state index contributed by atoms with van der Waals surface area (Å²) in [5, 5.41) is 0.667. The molecule has 13 heteroatoms.